The fraction of sp³-hybridized carbons (Fsp3) is 0.389. The summed E-state index contributed by atoms with van der Waals surface area (Å²) in [6.45, 7) is 0.628. The van der Waals surface area contributed by atoms with Gasteiger partial charge in [0, 0.05) is 17.8 Å². The first-order chi connectivity index (χ1) is 14.8. The van der Waals surface area contributed by atoms with Crippen LogP contribution in [-0.2, 0) is 22.2 Å². The van der Waals surface area contributed by atoms with Crippen molar-refractivity contribution < 1.29 is 27.6 Å². The van der Waals surface area contributed by atoms with Crippen LogP contribution in [0.4, 0.5) is 30.6 Å². The van der Waals surface area contributed by atoms with E-state index in [4.69, 9.17) is 21.0 Å². The molecule has 2 aliphatic heterocycles. The quantitative estimate of drug-likeness (QED) is 0.605. The lowest BCUT2D eigenvalue weighted by Gasteiger charge is -2.28. The minimum atomic E-state index is -4.68. The van der Waals surface area contributed by atoms with Crippen LogP contribution in [0.25, 0.3) is 0 Å². The van der Waals surface area contributed by atoms with Crippen LogP contribution in [0.3, 0.4) is 0 Å². The van der Waals surface area contributed by atoms with E-state index in [1.54, 1.807) is 0 Å². The van der Waals surface area contributed by atoms with E-state index in [0.29, 0.717) is 19.6 Å². The predicted octanol–water partition coefficient (Wildman–Crippen LogP) is 2.45. The van der Waals surface area contributed by atoms with Gasteiger partial charge in [-0.1, -0.05) is 11.6 Å². The number of benzene rings is 1. The number of ether oxygens (including phenoxy) is 1. The second kappa shape index (κ2) is 8.51. The van der Waals surface area contributed by atoms with Crippen LogP contribution in [0.15, 0.2) is 18.3 Å². The molecule has 0 saturated carbocycles. The normalized spacial score (nSPS) is 20.8. The first-order valence-corrected chi connectivity index (χ1v) is 9.71. The molecular formula is C18H16BClF3N5O3. The van der Waals surface area contributed by atoms with E-state index in [1.165, 1.54) is 12.3 Å². The van der Waals surface area contributed by atoms with Crippen LogP contribution in [0.2, 0.25) is 5.02 Å². The van der Waals surface area contributed by atoms with Crippen molar-refractivity contribution in [1.29, 1.82) is 5.26 Å². The molecule has 0 bridgehead atoms. The zero-order valence-corrected chi connectivity index (χ0v) is 16.7. The zero-order chi connectivity index (χ0) is 22.2. The zero-order valence-electron chi connectivity index (χ0n) is 15.9. The fourth-order valence-corrected chi connectivity index (χ4v) is 3.70. The molecule has 3 heterocycles. The predicted molar refractivity (Wildman–Crippen MR) is 106 cm³/mol. The van der Waals surface area contributed by atoms with E-state index in [1.807, 2.05) is 0 Å². The molecule has 0 spiro atoms. The number of nitriles is 1. The molecule has 8 nitrogen and oxygen atoms in total. The molecule has 1 saturated heterocycles. The third-order valence-corrected chi connectivity index (χ3v) is 5.34. The van der Waals surface area contributed by atoms with Gasteiger partial charge < -0.3 is 25.0 Å². The summed E-state index contributed by atoms with van der Waals surface area (Å²) < 4.78 is 50.8. The molecule has 4 rings (SSSR count). The van der Waals surface area contributed by atoms with E-state index in [0.717, 1.165) is 6.07 Å². The van der Waals surface area contributed by atoms with Crippen LogP contribution < -0.4 is 16.1 Å². The number of nitrogens with zero attached hydrogens (tertiary/aromatic N) is 3. The number of rotatable bonds is 4. The Kier molecular flexibility index (Phi) is 5.94. The van der Waals surface area contributed by atoms with E-state index >= 15 is 0 Å². The van der Waals surface area contributed by atoms with Crippen molar-refractivity contribution in [3.05, 3.63) is 34.5 Å². The van der Waals surface area contributed by atoms with Crippen molar-refractivity contribution in [1.82, 2.24) is 9.97 Å². The fourth-order valence-electron chi connectivity index (χ4n) is 3.55. The van der Waals surface area contributed by atoms with Gasteiger partial charge in [0.25, 0.3) is 0 Å². The minimum Gasteiger partial charge on any atom is -0.423 e. The Balaban J connectivity index is 1.61. The molecule has 1 fully saturated rings. The molecule has 1 aromatic carbocycles. The van der Waals surface area contributed by atoms with E-state index in [-0.39, 0.29) is 52.1 Å². The number of halogens is 4. The van der Waals surface area contributed by atoms with Crippen LogP contribution in [0.5, 0.6) is 0 Å². The monoisotopic (exact) mass is 453 g/mol. The van der Waals surface area contributed by atoms with Crippen LogP contribution >= 0.6 is 11.6 Å². The SMILES string of the molecule is N#C[C@@H]1CCOCC1Nc1nc(Nc2cc3c(c(C(F)(F)F)c2)B(O)OC3)ncc1Cl. The molecule has 2 aromatic rings. The smallest absolute Gasteiger partial charge is 0.423 e. The maximum atomic E-state index is 13.5. The van der Waals surface area contributed by atoms with E-state index in [9.17, 15) is 23.5 Å². The highest BCUT2D eigenvalue weighted by Crippen LogP contribution is 2.34. The second-order valence-electron chi connectivity index (χ2n) is 7.12. The largest absolute Gasteiger partial charge is 0.492 e. The Morgan fingerprint density at radius 1 is 1.35 bits per heavy atom. The molecular weight excluding hydrogens is 437 g/mol. The number of nitrogens with one attached hydrogen (secondary N) is 2. The number of anilines is 3. The van der Waals surface area contributed by atoms with E-state index < -0.39 is 18.9 Å². The van der Waals surface area contributed by atoms with Crippen molar-refractivity contribution >= 4 is 41.6 Å². The summed E-state index contributed by atoms with van der Waals surface area (Å²) in [5.41, 5.74) is -1.00. The topological polar surface area (TPSA) is 112 Å². The summed E-state index contributed by atoms with van der Waals surface area (Å²) in [4.78, 5) is 8.25. The molecule has 3 N–H and O–H groups in total. The average molecular weight is 454 g/mol. The maximum absolute atomic E-state index is 13.5. The van der Waals surface area contributed by atoms with Crippen molar-refractivity contribution in [2.75, 3.05) is 23.8 Å². The van der Waals surface area contributed by atoms with Crippen molar-refractivity contribution in [2.45, 2.75) is 25.2 Å². The number of hydrogen-bond acceptors (Lipinski definition) is 8. The number of aromatic nitrogens is 2. The summed E-state index contributed by atoms with van der Waals surface area (Å²) in [5, 5.41) is 25.0. The van der Waals surface area contributed by atoms with Gasteiger partial charge in [-0.3, -0.25) is 0 Å². The third kappa shape index (κ3) is 4.55. The van der Waals surface area contributed by atoms with Crippen molar-refractivity contribution in [3.8, 4) is 6.07 Å². The lowest BCUT2D eigenvalue weighted by molar-refractivity contribution is -0.136. The van der Waals surface area contributed by atoms with Gasteiger partial charge in [-0.2, -0.15) is 23.4 Å². The van der Waals surface area contributed by atoms with Gasteiger partial charge in [-0.05, 0) is 24.1 Å². The lowest BCUT2D eigenvalue weighted by Crippen LogP contribution is -2.38. The van der Waals surface area contributed by atoms with Crippen LogP contribution in [0, 0.1) is 17.2 Å². The molecule has 2 aliphatic rings. The lowest BCUT2D eigenvalue weighted by atomic mass is 9.75. The number of hydrogen-bond donors (Lipinski definition) is 3. The van der Waals surface area contributed by atoms with Gasteiger partial charge in [-0.15, -0.1) is 0 Å². The minimum absolute atomic E-state index is 0.00433. The Morgan fingerprint density at radius 3 is 2.90 bits per heavy atom. The standard InChI is InChI=1S/C18H16BClF3N5O3/c20-13-6-25-17(28-16(13)27-14-8-30-2-1-9(14)5-24)26-11-3-10-7-31-19(29)15(10)12(4-11)18(21,22)23/h3-4,6,9,14,29H,1-2,7-8H2,(H2,25,26,27,28)/t9-,14?/m0/s1. The molecule has 0 amide bonds. The third-order valence-electron chi connectivity index (χ3n) is 5.06. The van der Waals surface area contributed by atoms with Crippen molar-refractivity contribution in [2.24, 2.45) is 5.92 Å². The molecule has 31 heavy (non-hydrogen) atoms. The highest BCUT2D eigenvalue weighted by Gasteiger charge is 2.41. The van der Waals surface area contributed by atoms with Crippen LogP contribution in [0.1, 0.15) is 17.5 Å². The van der Waals surface area contributed by atoms with Gasteiger partial charge in [0.1, 0.15) is 5.02 Å². The van der Waals surface area contributed by atoms with Crippen molar-refractivity contribution in [3.63, 3.8) is 0 Å². The summed E-state index contributed by atoms with van der Waals surface area (Å²) >= 11 is 6.16. The highest BCUT2D eigenvalue weighted by atomic mass is 35.5. The Morgan fingerprint density at radius 2 is 2.16 bits per heavy atom. The first-order valence-electron chi connectivity index (χ1n) is 9.33. The van der Waals surface area contributed by atoms with Gasteiger partial charge in [0.15, 0.2) is 5.82 Å². The Bertz CT molecular complexity index is 1040. The molecule has 1 unspecified atom stereocenters. The summed E-state index contributed by atoms with van der Waals surface area (Å²) in [6, 6.07) is 4.17. The van der Waals surface area contributed by atoms with Gasteiger partial charge in [-0.25, -0.2) is 4.98 Å². The van der Waals surface area contributed by atoms with Gasteiger partial charge in [0.2, 0.25) is 5.95 Å². The number of alkyl halides is 3. The second-order valence-corrected chi connectivity index (χ2v) is 7.53. The Hall–Kier alpha value is -2.59. The molecule has 2 atom stereocenters. The summed E-state index contributed by atoms with van der Waals surface area (Å²) in [7, 11) is -1.63. The molecule has 0 radical (unpaired) electrons. The summed E-state index contributed by atoms with van der Waals surface area (Å²) in [5.74, 6) is -0.0655. The van der Waals surface area contributed by atoms with Gasteiger partial charge in [0.05, 0.1) is 43.0 Å². The summed E-state index contributed by atoms with van der Waals surface area (Å²) in [6.07, 6.45) is -2.82. The first kappa shape index (κ1) is 21.6. The maximum Gasteiger partial charge on any atom is 0.492 e. The van der Waals surface area contributed by atoms with E-state index in [2.05, 4.69) is 26.7 Å². The molecule has 13 heteroatoms. The van der Waals surface area contributed by atoms with Gasteiger partial charge >= 0.3 is 13.3 Å². The molecule has 1 aromatic heterocycles. The number of fused-ring (bicyclic) bond motifs is 1. The average Bonchev–Trinajstić information content (AvgIpc) is 3.10. The van der Waals surface area contributed by atoms with Crippen LogP contribution in [-0.4, -0.2) is 41.4 Å². The Labute approximate surface area is 180 Å². The highest BCUT2D eigenvalue weighted by molar-refractivity contribution is 6.62. The molecule has 162 valence electrons. The molecule has 0 aliphatic carbocycles.